The Balaban J connectivity index is 1.64. The van der Waals surface area contributed by atoms with Gasteiger partial charge in [-0.2, -0.15) is 0 Å². The molecule has 0 fully saturated rings. The van der Waals surface area contributed by atoms with Crippen LogP contribution in [0.1, 0.15) is 20.3 Å². The number of amides is 2. The van der Waals surface area contributed by atoms with Crippen LogP contribution in [0, 0.1) is 0 Å². The van der Waals surface area contributed by atoms with Crippen molar-refractivity contribution in [3.05, 3.63) is 53.6 Å². The van der Waals surface area contributed by atoms with Crippen LogP contribution in [0.15, 0.2) is 48.5 Å². The summed E-state index contributed by atoms with van der Waals surface area (Å²) < 4.78 is 10.7. The van der Waals surface area contributed by atoms with Gasteiger partial charge in [-0.05, 0) is 50.2 Å². The Morgan fingerprint density at radius 3 is 2.62 bits per heavy atom. The Hall–Kier alpha value is -3.06. The van der Waals surface area contributed by atoms with Crippen molar-refractivity contribution in [2.24, 2.45) is 0 Å². The maximum atomic E-state index is 12.8. The number of nitrogens with one attached hydrogen (secondary N) is 1. The zero-order chi connectivity index (χ0) is 21.0. The fraction of sp³-hybridized carbons (Fsp3) is 0.286. The van der Waals surface area contributed by atoms with E-state index in [1.54, 1.807) is 55.5 Å². The molecule has 1 heterocycles. The third kappa shape index (κ3) is 5.06. The van der Waals surface area contributed by atoms with Crippen molar-refractivity contribution in [1.29, 1.82) is 0 Å². The van der Waals surface area contributed by atoms with Gasteiger partial charge in [-0.25, -0.2) is 4.79 Å². The van der Waals surface area contributed by atoms with Crippen molar-refractivity contribution in [1.82, 2.24) is 0 Å². The van der Waals surface area contributed by atoms with Gasteiger partial charge in [-0.3, -0.25) is 9.59 Å². The number of anilines is 2. The summed E-state index contributed by atoms with van der Waals surface area (Å²) in [6.07, 6.45) is -0.758. The van der Waals surface area contributed by atoms with Crippen molar-refractivity contribution < 1.29 is 23.9 Å². The molecule has 0 radical (unpaired) electrons. The predicted molar refractivity (Wildman–Crippen MR) is 109 cm³/mol. The highest BCUT2D eigenvalue weighted by molar-refractivity contribution is 6.30. The molecule has 2 aromatic rings. The highest BCUT2D eigenvalue weighted by Gasteiger charge is 2.30. The zero-order valence-electron chi connectivity index (χ0n) is 16.1. The maximum Gasteiger partial charge on any atom is 0.347 e. The van der Waals surface area contributed by atoms with E-state index in [-0.39, 0.29) is 18.4 Å². The third-order valence-corrected chi connectivity index (χ3v) is 4.68. The third-order valence-electron chi connectivity index (χ3n) is 4.42. The van der Waals surface area contributed by atoms with Crippen LogP contribution < -0.4 is 15.0 Å². The van der Waals surface area contributed by atoms with E-state index in [1.165, 1.54) is 11.8 Å². The lowest BCUT2D eigenvalue weighted by atomic mass is 10.1. The van der Waals surface area contributed by atoms with Crippen LogP contribution in [0.5, 0.6) is 5.75 Å². The second kappa shape index (κ2) is 8.96. The normalized spacial score (nSPS) is 16.9. The summed E-state index contributed by atoms with van der Waals surface area (Å²) in [4.78, 5) is 38.5. The van der Waals surface area contributed by atoms with Gasteiger partial charge in [0, 0.05) is 17.5 Å². The number of hydrogen-bond acceptors (Lipinski definition) is 5. The number of fused-ring (bicyclic) bond motifs is 1. The number of carbonyl (C=O) groups excluding carboxylic acids is 3. The lowest BCUT2D eigenvalue weighted by molar-refractivity contribution is -0.154. The standard InChI is InChI=1S/C21H21ClN2O5/c1-13-11-19(25)23-17-5-3-4-6-18(17)24(13)20(26)12-28-21(27)14(2)29-16-9-7-15(22)8-10-16/h3-10,13-14H,11-12H2,1-2H3,(H,23,25)/t13-,14-/m0/s1. The predicted octanol–water partition coefficient (Wildman–Crippen LogP) is 3.41. The number of hydrogen-bond donors (Lipinski definition) is 1. The average Bonchev–Trinajstić information content (AvgIpc) is 2.81. The van der Waals surface area contributed by atoms with E-state index >= 15 is 0 Å². The van der Waals surface area contributed by atoms with Crippen LogP contribution in [0.25, 0.3) is 0 Å². The molecule has 2 amide bonds. The first-order valence-electron chi connectivity index (χ1n) is 9.15. The number of carbonyl (C=O) groups is 3. The molecule has 8 heteroatoms. The Morgan fingerprint density at radius 2 is 1.90 bits per heavy atom. The summed E-state index contributed by atoms with van der Waals surface area (Å²) in [6.45, 7) is 2.85. The Bertz CT molecular complexity index is 916. The van der Waals surface area contributed by atoms with Gasteiger partial charge in [0.05, 0.1) is 11.4 Å². The van der Waals surface area contributed by atoms with Gasteiger partial charge in [0.25, 0.3) is 5.91 Å². The molecule has 1 aliphatic heterocycles. The van der Waals surface area contributed by atoms with Gasteiger partial charge in [-0.15, -0.1) is 0 Å². The zero-order valence-corrected chi connectivity index (χ0v) is 16.8. The first kappa shape index (κ1) is 20.7. The molecule has 0 saturated carbocycles. The molecule has 0 aromatic heterocycles. The molecule has 0 bridgehead atoms. The van der Waals surface area contributed by atoms with Crippen molar-refractivity contribution >= 4 is 40.8 Å². The van der Waals surface area contributed by atoms with Gasteiger partial charge >= 0.3 is 5.97 Å². The first-order chi connectivity index (χ1) is 13.8. The molecule has 2 atom stereocenters. The molecule has 0 aliphatic carbocycles. The molecule has 29 heavy (non-hydrogen) atoms. The number of esters is 1. The lowest BCUT2D eigenvalue weighted by Gasteiger charge is -2.27. The summed E-state index contributed by atoms with van der Waals surface area (Å²) >= 11 is 5.82. The van der Waals surface area contributed by atoms with E-state index in [2.05, 4.69) is 5.32 Å². The molecule has 0 saturated heterocycles. The number of rotatable bonds is 5. The van der Waals surface area contributed by atoms with Crippen LogP contribution >= 0.6 is 11.6 Å². The monoisotopic (exact) mass is 416 g/mol. The van der Waals surface area contributed by atoms with Crippen LogP contribution in [-0.4, -0.2) is 36.5 Å². The van der Waals surface area contributed by atoms with Crippen LogP contribution in [0.4, 0.5) is 11.4 Å². The Kier molecular flexibility index (Phi) is 6.39. The summed E-state index contributed by atoms with van der Waals surface area (Å²) in [5, 5.41) is 3.34. The number of halogens is 1. The van der Waals surface area contributed by atoms with Crippen LogP contribution in [0.3, 0.4) is 0 Å². The summed E-state index contributed by atoms with van der Waals surface area (Å²) in [6, 6.07) is 13.2. The molecule has 7 nitrogen and oxygen atoms in total. The molecule has 0 spiro atoms. The SMILES string of the molecule is C[C@H](Oc1ccc(Cl)cc1)C(=O)OCC(=O)N1c2ccccc2NC(=O)C[C@@H]1C. The average molecular weight is 417 g/mol. The number of benzene rings is 2. The van der Waals surface area contributed by atoms with Gasteiger partial charge in [-0.1, -0.05) is 23.7 Å². The molecule has 152 valence electrons. The van der Waals surface area contributed by atoms with Crippen LogP contribution in [0.2, 0.25) is 5.02 Å². The fourth-order valence-electron chi connectivity index (χ4n) is 3.05. The topological polar surface area (TPSA) is 84.9 Å². The molecule has 0 unspecified atom stereocenters. The fourth-order valence-corrected chi connectivity index (χ4v) is 3.18. The first-order valence-corrected chi connectivity index (χ1v) is 9.52. The van der Waals surface area contributed by atoms with Crippen molar-refractivity contribution in [2.75, 3.05) is 16.8 Å². The maximum absolute atomic E-state index is 12.8. The molecule has 3 rings (SSSR count). The minimum absolute atomic E-state index is 0.143. The van der Waals surface area contributed by atoms with Crippen molar-refractivity contribution in [3.63, 3.8) is 0 Å². The summed E-state index contributed by atoms with van der Waals surface area (Å²) in [7, 11) is 0. The second-order valence-corrected chi connectivity index (χ2v) is 7.14. The Morgan fingerprint density at radius 1 is 1.21 bits per heavy atom. The van der Waals surface area contributed by atoms with E-state index in [9.17, 15) is 14.4 Å². The quantitative estimate of drug-likeness (QED) is 0.755. The van der Waals surface area contributed by atoms with E-state index in [1.807, 2.05) is 0 Å². The minimum atomic E-state index is -0.902. The molecule has 1 aliphatic rings. The molecule has 1 N–H and O–H groups in total. The second-order valence-electron chi connectivity index (χ2n) is 6.70. The van der Waals surface area contributed by atoms with E-state index in [0.717, 1.165) is 0 Å². The largest absolute Gasteiger partial charge is 0.479 e. The lowest BCUT2D eigenvalue weighted by Crippen LogP contribution is -2.42. The van der Waals surface area contributed by atoms with Gasteiger partial charge in [0.2, 0.25) is 5.91 Å². The van der Waals surface area contributed by atoms with Crippen molar-refractivity contribution in [2.45, 2.75) is 32.4 Å². The summed E-state index contributed by atoms with van der Waals surface area (Å²) in [5.41, 5.74) is 1.11. The number of ether oxygens (including phenoxy) is 2. The van der Waals surface area contributed by atoms with Crippen LogP contribution in [-0.2, 0) is 19.1 Å². The smallest absolute Gasteiger partial charge is 0.347 e. The molecular formula is C21H21ClN2O5. The van der Waals surface area contributed by atoms with E-state index in [0.29, 0.717) is 22.1 Å². The molecular weight excluding hydrogens is 396 g/mol. The number of para-hydroxylation sites is 2. The Labute approximate surface area is 173 Å². The van der Waals surface area contributed by atoms with Gasteiger partial charge in [0.1, 0.15) is 5.75 Å². The van der Waals surface area contributed by atoms with E-state index in [4.69, 9.17) is 21.1 Å². The highest BCUT2D eigenvalue weighted by atomic mass is 35.5. The van der Waals surface area contributed by atoms with E-state index < -0.39 is 24.6 Å². The molecule has 2 aromatic carbocycles. The van der Waals surface area contributed by atoms with Gasteiger partial charge < -0.3 is 19.7 Å². The minimum Gasteiger partial charge on any atom is -0.479 e. The van der Waals surface area contributed by atoms with Crippen molar-refractivity contribution in [3.8, 4) is 5.75 Å². The highest BCUT2D eigenvalue weighted by Crippen LogP contribution is 2.31. The van der Waals surface area contributed by atoms with Gasteiger partial charge in [0.15, 0.2) is 12.7 Å². The number of nitrogens with zero attached hydrogens (tertiary/aromatic N) is 1. The summed E-state index contributed by atoms with van der Waals surface area (Å²) in [5.74, 6) is -0.807.